The molecule has 0 radical (unpaired) electrons. The molecule has 0 aromatic heterocycles. The Morgan fingerprint density at radius 3 is 2.88 bits per heavy atom. The van der Waals surface area contributed by atoms with Gasteiger partial charge < -0.3 is 9.47 Å². The predicted molar refractivity (Wildman–Crippen MR) is 93.2 cm³/mol. The van der Waals surface area contributed by atoms with E-state index in [9.17, 15) is 9.59 Å². The number of esters is 2. The van der Waals surface area contributed by atoms with E-state index < -0.39 is 0 Å². The minimum Gasteiger partial charge on any atom is -0.461 e. The molecule has 0 N–H and O–H groups in total. The number of hydrogen-bond donors (Lipinski definition) is 0. The zero-order chi connectivity index (χ0) is 17.7. The van der Waals surface area contributed by atoms with Gasteiger partial charge in [0, 0.05) is 17.9 Å². The molecule has 1 fully saturated rings. The normalized spacial score (nSPS) is 29.2. The van der Waals surface area contributed by atoms with E-state index in [-0.39, 0.29) is 36.5 Å². The van der Waals surface area contributed by atoms with Crippen molar-refractivity contribution in [2.45, 2.75) is 59.0 Å². The van der Waals surface area contributed by atoms with Gasteiger partial charge in [-0.3, -0.25) is 4.79 Å². The Morgan fingerprint density at radius 1 is 1.42 bits per heavy atom. The van der Waals surface area contributed by atoms with Gasteiger partial charge in [-0.1, -0.05) is 32.1 Å². The Bertz CT molecular complexity index is 568. The molecule has 4 nitrogen and oxygen atoms in total. The number of allylic oxidation sites excluding steroid dienone is 2. The van der Waals surface area contributed by atoms with E-state index in [2.05, 4.69) is 19.6 Å². The third-order valence-corrected chi connectivity index (χ3v) is 4.55. The summed E-state index contributed by atoms with van der Waals surface area (Å²) in [6, 6.07) is 0. The molecule has 1 heterocycles. The van der Waals surface area contributed by atoms with E-state index in [1.54, 1.807) is 0 Å². The van der Waals surface area contributed by atoms with Crippen LogP contribution in [0.5, 0.6) is 0 Å². The van der Waals surface area contributed by atoms with Crippen molar-refractivity contribution < 1.29 is 19.1 Å². The van der Waals surface area contributed by atoms with Gasteiger partial charge in [0.2, 0.25) is 0 Å². The molecule has 0 bridgehead atoms. The first kappa shape index (κ1) is 18.5. The molecule has 1 aliphatic carbocycles. The molecule has 0 spiro atoms. The van der Waals surface area contributed by atoms with Crippen molar-refractivity contribution in [3.8, 4) is 0 Å². The third kappa shape index (κ3) is 5.08. The summed E-state index contributed by atoms with van der Waals surface area (Å²) in [4.78, 5) is 23.7. The van der Waals surface area contributed by atoms with Gasteiger partial charge in [-0.25, -0.2) is 4.79 Å². The lowest BCUT2D eigenvalue weighted by molar-refractivity contribution is -0.143. The number of carbonyl (C=O) groups is 2. The molecule has 1 unspecified atom stereocenters. The second kappa shape index (κ2) is 8.32. The quantitative estimate of drug-likeness (QED) is 0.441. The summed E-state index contributed by atoms with van der Waals surface area (Å²) in [6.07, 6.45) is 7.85. The maximum Gasteiger partial charge on any atom is 0.334 e. The monoisotopic (exact) mass is 332 g/mol. The van der Waals surface area contributed by atoms with Gasteiger partial charge in [0.05, 0.1) is 0 Å². The average molecular weight is 332 g/mol. The maximum absolute atomic E-state index is 11.9. The zero-order valence-electron chi connectivity index (χ0n) is 15.0. The van der Waals surface area contributed by atoms with Crippen LogP contribution in [0.15, 0.2) is 35.5 Å². The van der Waals surface area contributed by atoms with E-state index >= 15 is 0 Å². The highest BCUT2D eigenvalue weighted by Gasteiger charge is 2.37. The molecule has 0 aromatic rings. The molecule has 4 heteroatoms. The van der Waals surface area contributed by atoms with Gasteiger partial charge in [-0.15, -0.1) is 0 Å². The third-order valence-electron chi connectivity index (χ3n) is 4.55. The Labute approximate surface area is 144 Å². The highest BCUT2D eigenvalue weighted by Crippen LogP contribution is 2.34. The van der Waals surface area contributed by atoms with Crippen molar-refractivity contribution >= 4 is 11.9 Å². The van der Waals surface area contributed by atoms with Gasteiger partial charge in [0.1, 0.15) is 12.7 Å². The van der Waals surface area contributed by atoms with Crippen molar-refractivity contribution in [2.24, 2.45) is 11.8 Å². The molecule has 1 aliphatic heterocycles. The Kier molecular flexibility index (Phi) is 6.41. The molecule has 24 heavy (non-hydrogen) atoms. The van der Waals surface area contributed by atoms with Gasteiger partial charge >= 0.3 is 11.9 Å². The number of ether oxygens (including phenoxy) is 2. The minimum absolute atomic E-state index is 0.0142. The summed E-state index contributed by atoms with van der Waals surface area (Å²) >= 11 is 0. The summed E-state index contributed by atoms with van der Waals surface area (Å²) in [5.74, 6) is -0.192. The topological polar surface area (TPSA) is 52.6 Å². The predicted octanol–water partition coefficient (Wildman–Crippen LogP) is 4.12. The second-order valence-corrected chi connectivity index (χ2v) is 7.21. The molecule has 0 amide bonds. The Balaban J connectivity index is 2.10. The largest absolute Gasteiger partial charge is 0.461 e. The molecule has 0 aromatic carbocycles. The van der Waals surface area contributed by atoms with Crippen LogP contribution in [0.4, 0.5) is 0 Å². The lowest BCUT2D eigenvalue weighted by atomic mass is 9.88. The van der Waals surface area contributed by atoms with Crippen LogP contribution >= 0.6 is 0 Å². The molecule has 2 aliphatic rings. The summed E-state index contributed by atoms with van der Waals surface area (Å²) in [5.41, 5.74) is 2.88. The fourth-order valence-corrected chi connectivity index (χ4v) is 3.11. The summed E-state index contributed by atoms with van der Waals surface area (Å²) in [7, 11) is 0. The van der Waals surface area contributed by atoms with E-state index in [1.807, 2.05) is 19.9 Å². The summed E-state index contributed by atoms with van der Waals surface area (Å²) in [6.45, 7) is 10.3. The van der Waals surface area contributed by atoms with Crippen LogP contribution in [0.1, 0.15) is 52.9 Å². The number of fused-ring (bicyclic) bond motifs is 1. The Hall–Kier alpha value is -1.84. The van der Waals surface area contributed by atoms with Gasteiger partial charge in [0.25, 0.3) is 0 Å². The molecule has 2 atom stereocenters. The molecule has 132 valence electrons. The first-order valence-corrected chi connectivity index (χ1v) is 8.77. The van der Waals surface area contributed by atoms with Crippen LogP contribution in [-0.2, 0) is 19.1 Å². The highest BCUT2D eigenvalue weighted by molar-refractivity contribution is 5.91. The van der Waals surface area contributed by atoms with Crippen molar-refractivity contribution in [2.75, 3.05) is 6.61 Å². The van der Waals surface area contributed by atoms with Crippen molar-refractivity contribution in [3.05, 3.63) is 35.5 Å². The van der Waals surface area contributed by atoms with Crippen molar-refractivity contribution in [1.29, 1.82) is 0 Å². The van der Waals surface area contributed by atoms with Crippen molar-refractivity contribution in [1.82, 2.24) is 0 Å². The van der Waals surface area contributed by atoms with Crippen molar-refractivity contribution in [3.63, 3.8) is 0 Å². The van der Waals surface area contributed by atoms with E-state index in [0.717, 1.165) is 31.3 Å². The molecule has 1 saturated heterocycles. The molecular formula is C20H28O4. The number of carbonyl (C=O) groups excluding carboxylic acids is 2. The van der Waals surface area contributed by atoms with Crippen LogP contribution in [0.3, 0.4) is 0 Å². The van der Waals surface area contributed by atoms with Crippen LogP contribution < -0.4 is 0 Å². The van der Waals surface area contributed by atoms with E-state index in [4.69, 9.17) is 9.47 Å². The SMILES string of the molecule is C=C1C(=O)O[C@@H]2/C=C(\COC(=O)CC(C)C)CC/C=C(\C)CCC12. The van der Waals surface area contributed by atoms with Gasteiger partial charge in [-0.2, -0.15) is 0 Å². The molecular weight excluding hydrogens is 304 g/mol. The number of rotatable bonds is 4. The fraction of sp³-hybridized carbons (Fsp3) is 0.600. The Morgan fingerprint density at radius 2 is 2.17 bits per heavy atom. The smallest absolute Gasteiger partial charge is 0.334 e. The lowest BCUT2D eigenvalue weighted by Gasteiger charge is -2.18. The maximum atomic E-state index is 11.9. The van der Waals surface area contributed by atoms with Crippen LogP contribution in [0, 0.1) is 11.8 Å². The van der Waals surface area contributed by atoms with Gasteiger partial charge in [0.15, 0.2) is 0 Å². The van der Waals surface area contributed by atoms with Gasteiger partial charge in [-0.05, 0) is 50.2 Å². The highest BCUT2D eigenvalue weighted by atomic mass is 16.6. The average Bonchev–Trinajstić information content (AvgIpc) is 2.76. The zero-order valence-corrected chi connectivity index (χ0v) is 15.0. The molecule has 2 rings (SSSR count). The fourth-order valence-electron chi connectivity index (χ4n) is 3.11. The number of hydrogen-bond acceptors (Lipinski definition) is 4. The van der Waals surface area contributed by atoms with Crippen LogP contribution in [-0.4, -0.2) is 24.6 Å². The summed E-state index contributed by atoms with van der Waals surface area (Å²) < 4.78 is 10.9. The first-order chi connectivity index (χ1) is 11.4. The van der Waals surface area contributed by atoms with E-state index in [1.165, 1.54) is 5.57 Å². The second-order valence-electron chi connectivity index (χ2n) is 7.21. The van der Waals surface area contributed by atoms with E-state index in [0.29, 0.717) is 12.0 Å². The molecule has 0 saturated carbocycles. The van der Waals surface area contributed by atoms with Crippen LogP contribution in [0.2, 0.25) is 0 Å². The lowest BCUT2D eigenvalue weighted by Crippen LogP contribution is -2.17. The first-order valence-electron chi connectivity index (χ1n) is 8.77. The summed E-state index contributed by atoms with van der Waals surface area (Å²) in [5, 5.41) is 0. The van der Waals surface area contributed by atoms with Crippen LogP contribution in [0.25, 0.3) is 0 Å². The standard InChI is InChI=1S/C20H28O4/c1-13(2)10-19(21)23-12-16-7-5-6-14(3)8-9-17-15(4)20(22)24-18(17)11-16/h6,11,13,17-18H,4-5,7-10,12H2,1-3H3/b14-6+,16-11-/t17?,18-/m1/s1. The minimum atomic E-state index is -0.307.